The molecule has 0 spiro atoms. The molecule has 0 saturated carbocycles. The third-order valence-corrected chi connectivity index (χ3v) is 2.27. The van der Waals surface area contributed by atoms with Crippen molar-refractivity contribution in [3.63, 3.8) is 0 Å². The maximum absolute atomic E-state index is 11.3. The van der Waals surface area contributed by atoms with Crippen molar-refractivity contribution in [1.29, 1.82) is 0 Å². The Hall–Kier alpha value is -2.14. The summed E-state index contributed by atoms with van der Waals surface area (Å²) in [5, 5.41) is 0. The Balaban J connectivity index is 2.44. The van der Waals surface area contributed by atoms with E-state index < -0.39 is 5.91 Å². The molecule has 0 bridgehead atoms. The van der Waals surface area contributed by atoms with Crippen LogP contribution in [0, 0.1) is 0 Å². The average molecular weight is 216 g/mol. The monoisotopic (exact) mass is 216 g/mol. The van der Waals surface area contributed by atoms with E-state index in [0.29, 0.717) is 5.69 Å². The van der Waals surface area contributed by atoms with Crippen LogP contribution in [0.15, 0.2) is 36.5 Å². The number of amides is 1. The first-order valence-corrected chi connectivity index (χ1v) is 4.82. The molecule has 1 aromatic heterocycles. The molecular formula is C11H12N4O. The van der Waals surface area contributed by atoms with Crippen molar-refractivity contribution in [3.05, 3.63) is 42.2 Å². The fraction of sp³-hybridized carbons (Fsp3) is 0.0909. The van der Waals surface area contributed by atoms with Gasteiger partial charge < -0.3 is 4.57 Å². The number of hydrogen-bond donors (Lipinski definition) is 2. The Kier molecular flexibility index (Phi) is 2.70. The van der Waals surface area contributed by atoms with Gasteiger partial charge in [-0.05, 0) is 0 Å². The zero-order chi connectivity index (χ0) is 11.5. The van der Waals surface area contributed by atoms with Crippen LogP contribution in [0.2, 0.25) is 0 Å². The number of nitrogens with two attached hydrogens (primary N) is 1. The summed E-state index contributed by atoms with van der Waals surface area (Å²) in [7, 11) is 1.84. The topological polar surface area (TPSA) is 72.9 Å². The largest absolute Gasteiger partial charge is 0.333 e. The van der Waals surface area contributed by atoms with E-state index in [4.69, 9.17) is 5.84 Å². The first kappa shape index (κ1) is 10.4. The van der Waals surface area contributed by atoms with Crippen molar-refractivity contribution in [2.75, 3.05) is 0 Å². The van der Waals surface area contributed by atoms with Gasteiger partial charge in [-0.2, -0.15) is 0 Å². The second-order valence-corrected chi connectivity index (χ2v) is 3.40. The van der Waals surface area contributed by atoms with Crippen LogP contribution in [0.4, 0.5) is 0 Å². The highest BCUT2D eigenvalue weighted by atomic mass is 16.2. The molecule has 1 aromatic carbocycles. The lowest BCUT2D eigenvalue weighted by Gasteiger charge is -1.99. The fourth-order valence-electron chi connectivity index (χ4n) is 1.51. The summed E-state index contributed by atoms with van der Waals surface area (Å²) < 4.78 is 1.79. The lowest BCUT2D eigenvalue weighted by Crippen LogP contribution is -2.30. The summed E-state index contributed by atoms with van der Waals surface area (Å²) in [6.07, 6.45) is 1.64. The summed E-state index contributed by atoms with van der Waals surface area (Å²) in [6.45, 7) is 0. The van der Waals surface area contributed by atoms with Crippen molar-refractivity contribution >= 4 is 5.91 Å². The minimum Gasteiger partial charge on any atom is -0.333 e. The van der Waals surface area contributed by atoms with Crippen LogP contribution in [0.3, 0.4) is 0 Å². The number of carbonyl (C=O) groups is 1. The number of aryl methyl sites for hydroxylation is 1. The third kappa shape index (κ3) is 1.80. The van der Waals surface area contributed by atoms with E-state index in [2.05, 4.69) is 10.4 Å². The van der Waals surface area contributed by atoms with Crippen LogP contribution >= 0.6 is 0 Å². The average Bonchev–Trinajstić information content (AvgIpc) is 2.71. The number of benzene rings is 1. The van der Waals surface area contributed by atoms with E-state index >= 15 is 0 Å². The van der Waals surface area contributed by atoms with Crippen LogP contribution in [0.25, 0.3) is 11.4 Å². The van der Waals surface area contributed by atoms with Gasteiger partial charge in [-0.1, -0.05) is 30.3 Å². The number of carbonyl (C=O) groups excluding carboxylic acids is 1. The number of hydrazine groups is 1. The SMILES string of the molecule is Cn1cc(C(=O)NN)nc1-c1ccccc1. The van der Waals surface area contributed by atoms with E-state index in [1.165, 1.54) is 0 Å². The number of nitrogens with one attached hydrogen (secondary N) is 1. The fourth-order valence-corrected chi connectivity index (χ4v) is 1.51. The van der Waals surface area contributed by atoms with Crippen molar-refractivity contribution in [3.8, 4) is 11.4 Å². The summed E-state index contributed by atoms with van der Waals surface area (Å²) in [5.74, 6) is 5.40. The molecule has 2 aromatic rings. The second-order valence-electron chi connectivity index (χ2n) is 3.40. The number of nitrogen functional groups attached to an aromatic ring is 1. The van der Waals surface area contributed by atoms with E-state index in [9.17, 15) is 4.79 Å². The molecule has 16 heavy (non-hydrogen) atoms. The quantitative estimate of drug-likeness (QED) is 0.440. The Morgan fingerprint density at radius 3 is 2.69 bits per heavy atom. The second kappa shape index (κ2) is 4.16. The van der Waals surface area contributed by atoms with Gasteiger partial charge in [-0.3, -0.25) is 10.2 Å². The van der Waals surface area contributed by atoms with Gasteiger partial charge in [0, 0.05) is 18.8 Å². The Morgan fingerprint density at radius 2 is 2.06 bits per heavy atom. The molecular weight excluding hydrogens is 204 g/mol. The molecule has 1 amide bonds. The zero-order valence-electron chi connectivity index (χ0n) is 8.84. The molecule has 0 aliphatic carbocycles. The van der Waals surface area contributed by atoms with Gasteiger partial charge in [0.25, 0.3) is 5.91 Å². The molecule has 0 saturated heterocycles. The molecule has 1 heterocycles. The Bertz CT molecular complexity index is 504. The maximum atomic E-state index is 11.3. The van der Waals surface area contributed by atoms with Gasteiger partial charge in [0.05, 0.1) is 0 Å². The van der Waals surface area contributed by atoms with Crippen LogP contribution in [-0.2, 0) is 7.05 Å². The molecule has 5 nitrogen and oxygen atoms in total. The first-order valence-electron chi connectivity index (χ1n) is 4.82. The summed E-state index contributed by atoms with van der Waals surface area (Å²) in [4.78, 5) is 15.5. The van der Waals surface area contributed by atoms with Gasteiger partial charge in [-0.25, -0.2) is 10.8 Å². The summed E-state index contributed by atoms with van der Waals surface area (Å²) in [5.41, 5.74) is 3.33. The molecule has 0 unspecified atom stereocenters. The van der Waals surface area contributed by atoms with E-state index in [1.54, 1.807) is 10.8 Å². The van der Waals surface area contributed by atoms with Crippen molar-refractivity contribution in [2.24, 2.45) is 12.9 Å². The van der Waals surface area contributed by atoms with Crippen molar-refractivity contribution < 1.29 is 4.79 Å². The van der Waals surface area contributed by atoms with Crippen LogP contribution in [0.1, 0.15) is 10.5 Å². The summed E-state index contributed by atoms with van der Waals surface area (Å²) >= 11 is 0. The highest BCUT2D eigenvalue weighted by Gasteiger charge is 2.12. The molecule has 0 aliphatic rings. The van der Waals surface area contributed by atoms with Gasteiger partial charge in [0.2, 0.25) is 0 Å². The highest BCUT2D eigenvalue weighted by Crippen LogP contribution is 2.17. The highest BCUT2D eigenvalue weighted by molar-refractivity contribution is 5.92. The van der Waals surface area contributed by atoms with Crippen LogP contribution in [-0.4, -0.2) is 15.5 Å². The van der Waals surface area contributed by atoms with Gasteiger partial charge in [-0.15, -0.1) is 0 Å². The number of nitrogens with zero attached hydrogens (tertiary/aromatic N) is 2. The van der Waals surface area contributed by atoms with Gasteiger partial charge >= 0.3 is 0 Å². The van der Waals surface area contributed by atoms with Gasteiger partial charge in [0.1, 0.15) is 11.5 Å². The van der Waals surface area contributed by atoms with E-state index in [1.807, 2.05) is 37.4 Å². The molecule has 2 rings (SSSR count). The maximum Gasteiger partial charge on any atom is 0.285 e. The van der Waals surface area contributed by atoms with Crippen molar-refractivity contribution in [1.82, 2.24) is 15.0 Å². The predicted molar refractivity (Wildman–Crippen MR) is 60.3 cm³/mol. The molecule has 82 valence electrons. The number of hydrogen-bond acceptors (Lipinski definition) is 3. The molecule has 0 fully saturated rings. The third-order valence-electron chi connectivity index (χ3n) is 2.27. The molecule has 0 atom stereocenters. The van der Waals surface area contributed by atoms with Crippen LogP contribution in [0.5, 0.6) is 0 Å². The molecule has 3 N–H and O–H groups in total. The lowest BCUT2D eigenvalue weighted by molar-refractivity contribution is 0.0949. The van der Waals surface area contributed by atoms with Crippen molar-refractivity contribution in [2.45, 2.75) is 0 Å². The minimum absolute atomic E-state index is 0.309. The first-order chi connectivity index (χ1) is 7.72. The normalized spacial score (nSPS) is 10.1. The predicted octanol–water partition coefficient (Wildman–Crippen LogP) is 0.691. The molecule has 0 radical (unpaired) electrons. The Morgan fingerprint density at radius 1 is 1.38 bits per heavy atom. The number of rotatable bonds is 2. The lowest BCUT2D eigenvalue weighted by atomic mass is 10.2. The smallest absolute Gasteiger partial charge is 0.285 e. The Labute approximate surface area is 92.9 Å². The molecule has 5 heteroatoms. The summed E-state index contributed by atoms with van der Waals surface area (Å²) in [6, 6.07) is 9.65. The molecule has 0 aliphatic heterocycles. The van der Waals surface area contributed by atoms with Crippen LogP contribution < -0.4 is 11.3 Å². The van der Waals surface area contributed by atoms with E-state index in [0.717, 1.165) is 11.4 Å². The van der Waals surface area contributed by atoms with Gasteiger partial charge in [0.15, 0.2) is 0 Å². The standard InChI is InChI=1S/C11H12N4O/c1-15-7-9(11(16)14-12)13-10(15)8-5-3-2-4-6-8/h2-7H,12H2,1H3,(H,14,16). The van der Waals surface area contributed by atoms with E-state index in [-0.39, 0.29) is 0 Å². The number of aromatic nitrogens is 2. The minimum atomic E-state index is -0.391. The number of imidazole rings is 1. The zero-order valence-corrected chi connectivity index (χ0v) is 8.84.